The van der Waals surface area contributed by atoms with Crippen LogP contribution in [0.4, 0.5) is 13.2 Å². The van der Waals surface area contributed by atoms with Gasteiger partial charge in [0.15, 0.2) is 5.78 Å². The van der Waals surface area contributed by atoms with Gasteiger partial charge in [0.2, 0.25) is 0 Å². The normalized spacial score (nSPS) is 21.0. The summed E-state index contributed by atoms with van der Waals surface area (Å²) in [5, 5.41) is 10.0. The molecule has 0 saturated carbocycles. The van der Waals surface area contributed by atoms with Crippen LogP contribution < -0.4 is 0 Å². The lowest BCUT2D eigenvalue weighted by atomic mass is 9.71. The Labute approximate surface area is 151 Å². The van der Waals surface area contributed by atoms with Crippen LogP contribution in [0.25, 0.3) is 6.08 Å². The zero-order valence-corrected chi connectivity index (χ0v) is 15.1. The molecule has 0 radical (unpaired) electrons. The van der Waals surface area contributed by atoms with Crippen LogP contribution in [0.15, 0.2) is 53.6 Å². The van der Waals surface area contributed by atoms with Crippen molar-refractivity contribution in [1.82, 2.24) is 0 Å². The molecule has 1 unspecified atom stereocenters. The minimum Gasteiger partial charge on any atom is -0.389 e. The van der Waals surface area contributed by atoms with Gasteiger partial charge in [0, 0.05) is 0 Å². The Morgan fingerprint density at radius 1 is 1.23 bits per heavy atom. The quantitative estimate of drug-likeness (QED) is 0.732. The number of aliphatic hydroxyl groups is 1. The van der Waals surface area contributed by atoms with Crippen LogP contribution in [0.1, 0.15) is 44.7 Å². The lowest BCUT2D eigenvalue weighted by molar-refractivity contribution is -0.137. The van der Waals surface area contributed by atoms with Crippen molar-refractivity contribution in [2.24, 2.45) is 5.41 Å². The van der Waals surface area contributed by atoms with E-state index in [1.807, 2.05) is 6.92 Å². The standard InChI is InChI=1S/C21H23F3O2/c1-14-18(20(2,3)12-11-19(14)26)10-9-17(25)8-7-15-5-4-6-16(13-15)21(22,23)24/h4-10,13,19,26H,11-12H2,1-3H3/b8-7+,10-9+. The van der Waals surface area contributed by atoms with Gasteiger partial charge < -0.3 is 5.11 Å². The fourth-order valence-corrected chi connectivity index (χ4v) is 3.14. The molecule has 0 heterocycles. The predicted octanol–water partition coefficient (Wildman–Crippen LogP) is 5.34. The Morgan fingerprint density at radius 3 is 2.54 bits per heavy atom. The Balaban J connectivity index is 2.15. The maximum atomic E-state index is 12.7. The second-order valence-electron chi connectivity index (χ2n) is 7.23. The fraction of sp³-hybridized carbons (Fsp3) is 0.381. The molecule has 1 aliphatic carbocycles. The van der Waals surface area contributed by atoms with Gasteiger partial charge in [0.1, 0.15) is 0 Å². The van der Waals surface area contributed by atoms with E-state index in [9.17, 15) is 23.1 Å². The molecule has 1 aromatic carbocycles. The Kier molecular flexibility index (Phi) is 5.91. The van der Waals surface area contributed by atoms with Crippen molar-refractivity contribution < 1.29 is 23.1 Å². The van der Waals surface area contributed by atoms with E-state index in [1.165, 1.54) is 30.4 Å². The fourth-order valence-electron chi connectivity index (χ4n) is 3.14. The van der Waals surface area contributed by atoms with Gasteiger partial charge in [-0.25, -0.2) is 0 Å². The SMILES string of the molecule is CC1=C(/C=C/C(=O)/C=C/c2cccc(C(F)(F)F)c2)C(C)(C)CCC1O. The van der Waals surface area contributed by atoms with E-state index in [0.717, 1.165) is 29.7 Å². The number of hydrogen-bond acceptors (Lipinski definition) is 2. The van der Waals surface area contributed by atoms with Crippen molar-refractivity contribution in [1.29, 1.82) is 0 Å². The number of benzene rings is 1. The van der Waals surface area contributed by atoms with Crippen molar-refractivity contribution in [3.05, 3.63) is 64.8 Å². The lowest BCUT2D eigenvalue weighted by Crippen LogP contribution is -2.27. The first-order chi connectivity index (χ1) is 12.0. The lowest BCUT2D eigenvalue weighted by Gasteiger charge is -2.35. The smallest absolute Gasteiger partial charge is 0.389 e. The molecule has 0 saturated heterocycles. The van der Waals surface area contributed by atoms with Crippen LogP contribution in [0.3, 0.4) is 0 Å². The highest BCUT2D eigenvalue weighted by Crippen LogP contribution is 2.40. The molecule has 0 aliphatic heterocycles. The van der Waals surface area contributed by atoms with Crippen LogP contribution in [-0.4, -0.2) is 17.0 Å². The molecule has 5 heteroatoms. The van der Waals surface area contributed by atoms with Gasteiger partial charge in [-0.3, -0.25) is 4.79 Å². The third-order valence-electron chi connectivity index (χ3n) is 4.76. The zero-order chi connectivity index (χ0) is 19.5. The number of carbonyl (C=O) groups is 1. The number of hydrogen-bond donors (Lipinski definition) is 1. The Morgan fingerprint density at radius 2 is 1.88 bits per heavy atom. The summed E-state index contributed by atoms with van der Waals surface area (Å²) in [6.45, 7) is 5.98. The topological polar surface area (TPSA) is 37.3 Å². The summed E-state index contributed by atoms with van der Waals surface area (Å²) >= 11 is 0. The van der Waals surface area contributed by atoms with Crippen LogP contribution in [-0.2, 0) is 11.0 Å². The molecule has 0 bridgehead atoms. The Hall–Kier alpha value is -2.14. The van der Waals surface area contributed by atoms with Crippen LogP contribution in [0.2, 0.25) is 0 Å². The molecule has 1 aliphatic rings. The van der Waals surface area contributed by atoms with E-state index in [-0.39, 0.29) is 11.2 Å². The van der Waals surface area contributed by atoms with Crippen molar-refractivity contribution in [2.75, 3.05) is 0 Å². The average molecular weight is 364 g/mol. The highest BCUT2D eigenvalue weighted by atomic mass is 19.4. The molecule has 2 rings (SSSR count). The van der Waals surface area contributed by atoms with Crippen LogP contribution in [0.5, 0.6) is 0 Å². The summed E-state index contributed by atoms with van der Waals surface area (Å²) in [6, 6.07) is 4.81. The Bertz CT molecular complexity index is 768. The number of alkyl halides is 3. The molecule has 0 spiro atoms. The maximum Gasteiger partial charge on any atom is 0.416 e. The summed E-state index contributed by atoms with van der Waals surface area (Å²) in [4.78, 5) is 12.1. The van der Waals surface area contributed by atoms with E-state index in [1.54, 1.807) is 6.08 Å². The molecular weight excluding hydrogens is 341 g/mol. The van der Waals surface area contributed by atoms with Gasteiger partial charge in [0.25, 0.3) is 0 Å². The molecule has 1 N–H and O–H groups in total. The van der Waals surface area contributed by atoms with Crippen molar-refractivity contribution in [3.8, 4) is 0 Å². The van der Waals surface area contributed by atoms with Gasteiger partial charge in [-0.05, 0) is 66.2 Å². The first kappa shape index (κ1) is 20.2. The number of rotatable bonds is 4. The van der Waals surface area contributed by atoms with Crippen molar-refractivity contribution >= 4 is 11.9 Å². The van der Waals surface area contributed by atoms with Gasteiger partial charge in [-0.2, -0.15) is 13.2 Å². The number of carbonyl (C=O) groups excluding carboxylic acids is 1. The van der Waals surface area contributed by atoms with Gasteiger partial charge in [0.05, 0.1) is 11.7 Å². The summed E-state index contributed by atoms with van der Waals surface area (Å²) in [6.07, 6.45) is 2.31. The van der Waals surface area contributed by atoms with E-state index >= 15 is 0 Å². The molecule has 0 fully saturated rings. The highest BCUT2D eigenvalue weighted by molar-refractivity contribution is 6.02. The summed E-state index contributed by atoms with van der Waals surface area (Å²) in [7, 11) is 0. The zero-order valence-electron chi connectivity index (χ0n) is 15.1. The molecule has 1 aromatic rings. The minimum atomic E-state index is -4.41. The van der Waals surface area contributed by atoms with Gasteiger partial charge >= 0.3 is 6.18 Å². The van der Waals surface area contributed by atoms with Gasteiger partial charge in [-0.15, -0.1) is 0 Å². The van der Waals surface area contributed by atoms with Crippen LogP contribution >= 0.6 is 0 Å². The number of halogens is 3. The second-order valence-corrected chi connectivity index (χ2v) is 7.23. The molecule has 0 aromatic heterocycles. The first-order valence-electron chi connectivity index (χ1n) is 8.47. The maximum absolute atomic E-state index is 12.7. The molecule has 0 amide bonds. The van der Waals surface area contributed by atoms with Crippen LogP contribution in [0, 0.1) is 5.41 Å². The third kappa shape index (κ3) is 4.94. The van der Waals surface area contributed by atoms with E-state index in [0.29, 0.717) is 12.0 Å². The summed E-state index contributed by atoms with van der Waals surface area (Å²) in [5.41, 5.74) is 1.21. The number of allylic oxidation sites excluding steroid dienone is 4. The molecule has 140 valence electrons. The summed E-state index contributed by atoms with van der Waals surface area (Å²) in [5.74, 6) is -0.321. The highest BCUT2D eigenvalue weighted by Gasteiger charge is 2.31. The van der Waals surface area contributed by atoms with Gasteiger partial charge in [-0.1, -0.05) is 38.1 Å². The number of ketones is 1. The summed E-state index contributed by atoms with van der Waals surface area (Å²) < 4.78 is 38.1. The molecule has 1 atom stereocenters. The second kappa shape index (κ2) is 7.62. The first-order valence-corrected chi connectivity index (χ1v) is 8.47. The minimum absolute atomic E-state index is 0.134. The molecular formula is C21H23F3O2. The number of aliphatic hydroxyl groups excluding tert-OH is 1. The predicted molar refractivity (Wildman–Crippen MR) is 96.3 cm³/mol. The van der Waals surface area contributed by atoms with E-state index in [4.69, 9.17) is 0 Å². The largest absolute Gasteiger partial charge is 0.416 e. The molecule has 2 nitrogen and oxygen atoms in total. The van der Waals surface area contributed by atoms with Crippen molar-refractivity contribution in [2.45, 2.75) is 45.9 Å². The molecule has 26 heavy (non-hydrogen) atoms. The van der Waals surface area contributed by atoms with Crippen molar-refractivity contribution in [3.63, 3.8) is 0 Å². The third-order valence-corrected chi connectivity index (χ3v) is 4.76. The van der Waals surface area contributed by atoms with E-state index in [2.05, 4.69) is 13.8 Å². The average Bonchev–Trinajstić information content (AvgIpc) is 2.56. The monoisotopic (exact) mass is 364 g/mol. The van der Waals surface area contributed by atoms with E-state index < -0.39 is 17.8 Å².